The number of carboxylic acid groups (broad SMARTS) is 1. The highest BCUT2D eigenvalue weighted by molar-refractivity contribution is 7.92. The molecule has 0 saturated carbocycles. The quantitative estimate of drug-likeness (QED) is 0.196. The number of imidazole rings is 1. The van der Waals surface area contributed by atoms with Gasteiger partial charge in [-0.05, 0) is 68.3 Å². The molecular formula is C27H30N4O6S. The van der Waals surface area contributed by atoms with Crippen LogP contribution in [0.5, 0.6) is 0 Å². The van der Waals surface area contributed by atoms with E-state index in [9.17, 15) is 28.2 Å². The smallest absolute Gasteiger partial charge is 0.335 e. The van der Waals surface area contributed by atoms with Gasteiger partial charge in [-0.3, -0.25) is 9.29 Å². The maximum atomic E-state index is 12.6. The zero-order valence-electron chi connectivity index (χ0n) is 21.0. The molecule has 1 unspecified atom stereocenters. The molecule has 0 spiro atoms. The number of carboxylic acids is 1. The maximum Gasteiger partial charge on any atom is 0.335 e. The number of fused-ring (bicyclic) bond motifs is 1. The monoisotopic (exact) mass is 538 g/mol. The molecule has 3 aromatic carbocycles. The van der Waals surface area contributed by atoms with Gasteiger partial charge in [-0.1, -0.05) is 30.3 Å². The predicted octanol–water partition coefficient (Wildman–Crippen LogP) is 3.32. The summed E-state index contributed by atoms with van der Waals surface area (Å²) in [5.74, 6) is -1.07. The summed E-state index contributed by atoms with van der Waals surface area (Å²) in [6.07, 6.45) is -0.356. The minimum absolute atomic E-state index is 0.0961. The highest BCUT2D eigenvalue weighted by Gasteiger charge is 2.21. The number of aromatic amines is 1. The third-order valence-corrected chi connectivity index (χ3v) is 7.73. The Hall–Kier alpha value is -3.93. The zero-order chi connectivity index (χ0) is 27.5. The van der Waals surface area contributed by atoms with Gasteiger partial charge >= 0.3 is 11.7 Å². The van der Waals surface area contributed by atoms with E-state index in [1.54, 1.807) is 53.1 Å². The number of β-amino-alcohol motifs (C(OH)–C–C–N with tert-alkyl or cyclic N) is 1. The van der Waals surface area contributed by atoms with Crippen LogP contribution in [0.1, 0.15) is 42.3 Å². The third kappa shape index (κ3) is 6.31. The molecule has 200 valence electrons. The first-order chi connectivity index (χ1) is 17.9. The Labute approximate surface area is 220 Å². The predicted molar refractivity (Wildman–Crippen MR) is 145 cm³/mol. The molecule has 1 heterocycles. The van der Waals surface area contributed by atoms with Crippen molar-refractivity contribution in [2.24, 2.45) is 0 Å². The van der Waals surface area contributed by atoms with Crippen LogP contribution < -0.4 is 15.7 Å². The lowest BCUT2D eigenvalue weighted by molar-refractivity contribution is 0.0697. The molecule has 0 aliphatic heterocycles. The fourth-order valence-electron chi connectivity index (χ4n) is 4.11. The Bertz CT molecular complexity index is 1610. The molecule has 1 atom stereocenters. The van der Waals surface area contributed by atoms with Crippen molar-refractivity contribution in [2.75, 3.05) is 11.3 Å². The number of aliphatic hydroxyl groups is 1. The number of H-pyrrole nitrogens is 1. The summed E-state index contributed by atoms with van der Waals surface area (Å²) in [6.45, 7) is 4.48. The van der Waals surface area contributed by atoms with Crippen LogP contribution >= 0.6 is 0 Å². The second-order valence-electron chi connectivity index (χ2n) is 9.69. The van der Waals surface area contributed by atoms with Crippen molar-refractivity contribution in [2.45, 2.75) is 43.4 Å². The molecule has 1 aromatic heterocycles. The van der Waals surface area contributed by atoms with Crippen molar-refractivity contribution < 1.29 is 23.4 Å². The van der Waals surface area contributed by atoms with Crippen molar-refractivity contribution in [1.82, 2.24) is 14.9 Å². The number of benzene rings is 3. The molecule has 0 amide bonds. The van der Waals surface area contributed by atoms with Gasteiger partial charge in [0, 0.05) is 24.3 Å². The first-order valence-electron chi connectivity index (χ1n) is 12.0. The Balaban J connectivity index is 1.38. The number of aliphatic hydroxyl groups excluding tert-OH is 1. The summed E-state index contributed by atoms with van der Waals surface area (Å²) in [5, 5.41) is 23.3. The number of rotatable bonds is 11. The van der Waals surface area contributed by atoms with E-state index < -0.39 is 27.6 Å². The van der Waals surface area contributed by atoms with Crippen LogP contribution in [0.4, 0.5) is 5.69 Å². The van der Waals surface area contributed by atoms with E-state index in [0.29, 0.717) is 35.2 Å². The molecule has 10 nitrogen and oxygen atoms in total. The molecule has 0 saturated heterocycles. The van der Waals surface area contributed by atoms with Gasteiger partial charge in [-0.15, -0.1) is 0 Å². The van der Waals surface area contributed by atoms with E-state index in [1.807, 2.05) is 13.8 Å². The first-order valence-corrected chi connectivity index (χ1v) is 13.5. The summed E-state index contributed by atoms with van der Waals surface area (Å²) in [7, 11) is -3.75. The molecule has 5 N–H and O–H groups in total. The van der Waals surface area contributed by atoms with E-state index in [-0.39, 0.29) is 22.7 Å². The number of nitrogens with one attached hydrogen (secondary N) is 3. The average molecular weight is 539 g/mol. The van der Waals surface area contributed by atoms with E-state index >= 15 is 0 Å². The molecule has 38 heavy (non-hydrogen) atoms. The number of aromatic nitrogens is 2. The fourth-order valence-corrected chi connectivity index (χ4v) is 5.18. The number of carbonyl (C=O) groups is 1. The van der Waals surface area contributed by atoms with Crippen LogP contribution in [0.3, 0.4) is 0 Å². The summed E-state index contributed by atoms with van der Waals surface area (Å²) < 4.78 is 29.3. The van der Waals surface area contributed by atoms with Gasteiger partial charge in [0.05, 0.1) is 27.6 Å². The number of nitrogens with zero attached hydrogens (tertiary/aromatic N) is 1. The largest absolute Gasteiger partial charge is 0.478 e. The van der Waals surface area contributed by atoms with Crippen molar-refractivity contribution in [3.63, 3.8) is 0 Å². The highest BCUT2D eigenvalue weighted by atomic mass is 32.2. The van der Waals surface area contributed by atoms with Gasteiger partial charge in [0.1, 0.15) is 0 Å². The molecule has 0 radical (unpaired) electrons. The summed E-state index contributed by atoms with van der Waals surface area (Å²) in [6, 6.07) is 19.1. The van der Waals surface area contributed by atoms with Crippen molar-refractivity contribution in [3.05, 3.63) is 94.4 Å². The zero-order valence-corrected chi connectivity index (χ0v) is 21.8. The molecule has 0 fully saturated rings. The Kier molecular flexibility index (Phi) is 7.72. The van der Waals surface area contributed by atoms with Crippen LogP contribution in [0, 0.1) is 0 Å². The Morgan fingerprint density at radius 1 is 1.05 bits per heavy atom. The lowest BCUT2D eigenvalue weighted by Gasteiger charge is -2.28. The van der Waals surface area contributed by atoms with E-state index in [4.69, 9.17) is 0 Å². The fraction of sp³-hybridized carbons (Fsp3) is 0.259. The first kappa shape index (κ1) is 27.1. The standard InChI is InChI=1S/C27H30N4O6S/c1-27(2,13-14-31-23-12-11-19(25(33)34)16-22(23)29-26(31)35)28-17-24(32)18-7-6-8-20(15-18)30-38(36,37)21-9-4-3-5-10-21/h3-12,15-16,24,28,30,32H,13-14,17H2,1-2H3,(H,29,35)(H,33,34). The topological polar surface area (TPSA) is 154 Å². The van der Waals surface area contributed by atoms with Gasteiger partial charge in [0.15, 0.2) is 0 Å². The number of aromatic carboxylic acids is 1. The van der Waals surface area contributed by atoms with Crippen molar-refractivity contribution in [1.29, 1.82) is 0 Å². The lowest BCUT2D eigenvalue weighted by Crippen LogP contribution is -2.42. The van der Waals surface area contributed by atoms with Gasteiger partial charge < -0.3 is 20.5 Å². The molecule has 11 heteroatoms. The van der Waals surface area contributed by atoms with Crippen LogP contribution in [-0.2, 0) is 16.6 Å². The number of sulfonamides is 1. The normalized spacial score (nSPS) is 12.9. The Morgan fingerprint density at radius 3 is 2.50 bits per heavy atom. The molecule has 0 aliphatic rings. The molecule has 4 rings (SSSR count). The van der Waals surface area contributed by atoms with E-state index in [1.165, 1.54) is 24.3 Å². The number of hydrogen-bond acceptors (Lipinski definition) is 6. The van der Waals surface area contributed by atoms with Gasteiger partial charge in [-0.25, -0.2) is 18.0 Å². The molecular weight excluding hydrogens is 508 g/mol. The molecule has 4 aromatic rings. The van der Waals surface area contributed by atoms with Gasteiger partial charge in [0.2, 0.25) is 0 Å². The molecule has 0 bridgehead atoms. The van der Waals surface area contributed by atoms with Gasteiger partial charge in [0.25, 0.3) is 10.0 Å². The average Bonchev–Trinajstić information content (AvgIpc) is 3.20. The maximum absolute atomic E-state index is 12.6. The van der Waals surface area contributed by atoms with Gasteiger partial charge in [-0.2, -0.15) is 0 Å². The summed E-state index contributed by atoms with van der Waals surface area (Å²) in [5.41, 5.74) is 1.27. The SMILES string of the molecule is CC(C)(CCn1c(=O)[nH]c2cc(C(=O)O)ccc21)NCC(O)c1cccc(NS(=O)(=O)c2ccccc2)c1. The van der Waals surface area contributed by atoms with Crippen LogP contribution in [0.2, 0.25) is 0 Å². The molecule has 0 aliphatic carbocycles. The van der Waals surface area contributed by atoms with Crippen LogP contribution in [-0.4, -0.2) is 46.2 Å². The summed E-state index contributed by atoms with van der Waals surface area (Å²) in [4.78, 5) is 26.5. The van der Waals surface area contributed by atoms with Crippen LogP contribution in [0.25, 0.3) is 11.0 Å². The highest BCUT2D eigenvalue weighted by Crippen LogP contribution is 2.22. The lowest BCUT2D eigenvalue weighted by atomic mass is 9.99. The third-order valence-electron chi connectivity index (χ3n) is 6.33. The van der Waals surface area contributed by atoms with E-state index in [0.717, 1.165) is 0 Å². The summed E-state index contributed by atoms with van der Waals surface area (Å²) >= 11 is 0. The van der Waals surface area contributed by atoms with Crippen molar-refractivity contribution in [3.8, 4) is 0 Å². The minimum atomic E-state index is -3.75. The number of anilines is 1. The van der Waals surface area contributed by atoms with E-state index in [2.05, 4.69) is 15.0 Å². The Morgan fingerprint density at radius 2 is 1.79 bits per heavy atom. The second kappa shape index (κ2) is 10.8. The van der Waals surface area contributed by atoms with Crippen molar-refractivity contribution >= 4 is 32.7 Å². The second-order valence-corrected chi connectivity index (χ2v) is 11.4. The minimum Gasteiger partial charge on any atom is -0.478 e. The number of hydrogen-bond donors (Lipinski definition) is 5. The van der Waals surface area contributed by atoms with Crippen LogP contribution in [0.15, 0.2) is 82.5 Å². The number of aryl methyl sites for hydroxylation is 1.